The van der Waals surface area contributed by atoms with E-state index in [1.54, 1.807) is 13.3 Å². The molecular weight excluding hydrogens is 126 g/mol. The molecule has 0 aliphatic carbocycles. The molecule has 10 heavy (non-hydrogen) atoms. The molecule has 0 amide bonds. The Morgan fingerprint density at radius 3 is 3.10 bits per heavy atom. The summed E-state index contributed by atoms with van der Waals surface area (Å²) in [4.78, 5) is 3.88. The molecule has 0 saturated heterocycles. The molecule has 3 N–H and O–H groups in total. The van der Waals surface area contributed by atoms with Gasteiger partial charge in [-0.3, -0.25) is 4.99 Å². The van der Waals surface area contributed by atoms with Gasteiger partial charge in [0.2, 0.25) is 0 Å². The molecule has 3 heteroatoms. The van der Waals surface area contributed by atoms with E-state index in [1.807, 2.05) is 0 Å². The summed E-state index contributed by atoms with van der Waals surface area (Å²) in [6.45, 7) is 1.02. The fraction of sp³-hybridized carbons (Fsp3) is 0.571. The van der Waals surface area contributed by atoms with Gasteiger partial charge in [-0.1, -0.05) is 0 Å². The Labute approximate surface area is 61.0 Å². The van der Waals surface area contributed by atoms with Crippen molar-refractivity contribution in [1.82, 2.24) is 5.32 Å². The van der Waals surface area contributed by atoms with Crippen molar-refractivity contribution in [2.75, 3.05) is 13.6 Å². The Morgan fingerprint density at radius 2 is 2.50 bits per heavy atom. The number of hydrogen-bond donors (Lipinski definition) is 2. The number of nitrogens with two attached hydrogens (primary N) is 1. The molecule has 0 atom stereocenters. The minimum absolute atomic E-state index is 0.928. The second-order valence-electron chi connectivity index (χ2n) is 2.36. The van der Waals surface area contributed by atoms with Crippen LogP contribution < -0.4 is 11.1 Å². The largest absolute Gasteiger partial charge is 0.400 e. The van der Waals surface area contributed by atoms with Crippen molar-refractivity contribution in [3.05, 3.63) is 11.4 Å². The van der Waals surface area contributed by atoms with E-state index < -0.39 is 0 Å². The third-order valence-electron chi connectivity index (χ3n) is 1.54. The SMILES string of the molecule is CN=CC1=C(N)CCCN1. The highest BCUT2D eigenvalue weighted by Gasteiger charge is 2.05. The minimum atomic E-state index is 0.928. The number of rotatable bonds is 1. The molecule has 1 aliphatic heterocycles. The normalized spacial score (nSPS) is 19.7. The smallest absolute Gasteiger partial charge is 0.0712 e. The molecule has 0 spiro atoms. The summed E-state index contributed by atoms with van der Waals surface area (Å²) in [5.74, 6) is 0. The molecule has 0 aromatic carbocycles. The number of nitrogens with zero attached hydrogens (tertiary/aromatic N) is 1. The Hall–Kier alpha value is -0.990. The van der Waals surface area contributed by atoms with Gasteiger partial charge < -0.3 is 11.1 Å². The van der Waals surface area contributed by atoms with Gasteiger partial charge in [-0.15, -0.1) is 0 Å². The van der Waals surface area contributed by atoms with Crippen LogP contribution in [-0.4, -0.2) is 19.8 Å². The number of nitrogens with one attached hydrogen (secondary N) is 1. The first-order valence-corrected chi connectivity index (χ1v) is 3.49. The Bertz CT molecular complexity index is 170. The molecule has 0 unspecified atom stereocenters. The van der Waals surface area contributed by atoms with Crippen molar-refractivity contribution < 1.29 is 0 Å². The zero-order valence-corrected chi connectivity index (χ0v) is 6.22. The molecule has 1 rings (SSSR count). The van der Waals surface area contributed by atoms with Crippen molar-refractivity contribution in [2.45, 2.75) is 12.8 Å². The van der Waals surface area contributed by atoms with Crippen LogP contribution in [0.15, 0.2) is 16.4 Å². The van der Waals surface area contributed by atoms with Crippen LogP contribution in [0.5, 0.6) is 0 Å². The maximum absolute atomic E-state index is 5.69. The quantitative estimate of drug-likeness (QED) is 0.511. The van der Waals surface area contributed by atoms with E-state index in [4.69, 9.17) is 5.73 Å². The maximum atomic E-state index is 5.69. The predicted octanol–water partition coefficient (Wildman–Crippen LogP) is 0.241. The van der Waals surface area contributed by atoms with Gasteiger partial charge in [-0.25, -0.2) is 0 Å². The van der Waals surface area contributed by atoms with Crippen LogP contribution >= 0.6 is 0 Å². The van der Waals surface area contributed by atoms with Crippen molar-refractivity contribution in [2.24, 2.45) is 10.7 Å². The number of allylic oxidation sites excluding steroid dienone is 2. The monoisotopic (exact) mass is 139 g/mol. The highest BCUT2D eigenvalue weighted by molar-refractivity contribution is 5.78. The second-order valence-corrected chi connectivity index (χ2v) is 2.36. The van der Waals surface area contributed by atoms with Gasteiger partial charge >= 0.3 is 0 Å². The fourth-order valence-electron chi connectivity index (χ4n) is 1.01. The first-order valence-electron chi connectivity index (χ1n) is 3.49. The summed E-state index contributed by atoms with van der Waals surface area (Å²) in [5.41, 5.74) is 7.61. The van der Waals surface area contributed by atoms with Crippen LogP contribution in [0.3, 0.4) is 0 Å². The molecule has 0 aromatic rings. The summed E-state index contributed by atoms with van der Waals surface area (Å²) >= 11 is 0. The van der Waals surface area contributed by atoms with E-state index in [-0.39, 0.29) is 0 Å². The lowest BCUT2D eigenvalue weighted by Gasteiger charge is -2.15. The van der Waals surface area contributed by atoms with E-state index in [1.165, 1.54) is 0 Å². The van der Waals surface area contributed by atoms with Crippen LogP contribution in [-0.2, 0) is 0 Å². The van der Waals surface area contributed by atoms with E-state index in [0.29, 0.717) is 0 Å². The molecule has 0 saturated carbocycles. The summed E-state index contributed by atoms with van der Waals surface area (Å²) in [7, 11) is 1.75. The van der Waals surface area contributed by atoms with Crippen molar-refractivity contribution >= 4 is 6.21 Å². The Balaban J connectivity index is 2.68. The topological polar surface area (TPSA) is 50.4 Å². The molecular formula is C7H13N3. The Morgan fingerprint density at radius 1 is 1.70 bits per heavy atom. The van der Waals surface area contributed by atoms with Gasteiger partial charge in [-0.05, 0) is 12.8 Å². The molecule has 0 radical (unpaired) electrons. The average molecular weight is 139 g/mol. The fourth-order valence-corrected chi connectivity index (χ4v) is 1.01. The first-order chi connectivity index (χ1) is 4.84. The lowest BCUT2D eigenvalue weighted by Crippen LogP contribution is -2.25. The number of aliphatic imine (C=N–C) groups is 1. The van der Waals surface area contributed by atoms with Crippen LogP contribution in [0.25, 0.3) is 0 Å². The Kier molecular flexibility index (Phi) is 2.31. The van der Waals surface area contributed by atoms with Gasteiger partial charge in [-0.2, -0.15) is 0 Å². The molecule has 1 aliphatic rings. The first kappa shape index (κ1) is 7.12. The zero-order chi connectivity index (χ0) is 7.40. The van der Waals surface area contributed by atoms with E-state index in [9.17, 15) is 0 Å². The molecule has 3 nitrogen and oxygen atoms in total. The van der Waals surface area contributed by atoms with Gasteiger partial charge in [0.1, 0.15) is 0 Å². The van der Waals surface area contributed by atoms with Crippen LogP contribution in [0.2, 0.25) is 0 Å². The molecule has 56 valence electrons. The third-order valence-corrected chi connectivity index (χ3v) is 1.54. The summed E-state index contributed by atoms with van der Waals surface area (Å²) in [5, 5.41) is 3.18. The van der Waals surface area contributed by atoms with Gasteiger partial charge in [0.25, 0.3) is 0 Å². The summed E-state index contributed by atoms with van der Waals surface area (Å²) in [6.07, 6.45) is 3.90. The number of hydrogen-bond acceptors (Lipinski definition) is 3. The standard InChI is InChI=1S/C7H13N3/c1-9-5-7-6(8)3-2-4-10-7/h5,10H,2-4,8H2,1H3. The van der Waals surface area contributed by atoms with Crippen LogP contribution in [0.4, 0.5) is 0 Å². The molecule has 1 heterocycles. The average Bonchev–Trinajstić information content (AvgIpc) is 1.94. The van der Waals surface area contributed by atoms with Gasteiger partial charge in [0.05, 0.1) is 5.70 Å². The van der Waals surface area contributed by atoms with E-state index >= 15 is 0 Å². The lowest BCUT2D eigenvalue weighted by atomic mass is 10.1. The van der Waals surface area contributed by atoms with E-state index in [0.717, 1.165) is 30.8 Å². The summed E-state index contributed by atoms with van der Waals surface area (Å²) < 4.78 is 0. The highest BCUT2D eigenvalue weighted by Crippen LogP contribution is 2.06. The second kappa shape index (κ2) is 3.25. The van der Waals surface area contributed by atoms with Crippen LogP contribution in [0.1, 0.15) is 12.8 Å². The van der Waals surface area contributed by atoms with Crippen LogP contribution in [0, 0.1) is 0 Å². The zero-order valence-electron chi connectivity index (χ0n) is 6.22. The van der Waals surface area contributed by atoms with Crippen molar-refractivity contribution in [3.63, 3.8) is 0 Å². The maximum Gasteiger partial charge on any atom is 0.0712 e. The lowest BCUT2D eigenvalue weighted by molar-refractivity contribution is 0.678. The van der Waals surface area contributed by atoms with Crippen molar-refractivity contribution in [3.8, 4) is 0 Å². The van der Waals surface area contributed by atoms with Gasteiger partial charge in [0.15, 0.2) is 0 Å². The van der Waals surface area contributed by atoms with E-state index in [2.05, 4.69) is 10.3 Å². The third kappa shape index (κ3) is 1.50. The minimum Gasteiger partial charge on any atom is -0.400 e. The van der Waals surface area contributed by atoms with Gasteiger partial charge in [0, 0.05) is 25.5 Å². The van der Waals surface area contributed by atoms with Crippen molar-refractivity contribution in [1.29, 1.82) is 0 Å². The molecule has 0 bridgehead atoms. The molecule has 0 aromatic heterocycles. The highest BCUT2D eigenvalue weighted by atomic mass is 14.9. The summed E-state index contributed by atoms with van der Waals surface area (Å²) in [6, 6.07) is 0. The molecule has 0 fully saturated rings. The predicted molar refractivity (Wildman–Crippen MR) is 42.9 cm³/mol.